The molecule has 0 amide bonds. The number of hydrogen-bond donors (Lipinski definition) is 0. The van der Waals surface area contributed by atoms with Crippen LogP contribution >= 0.6 is 0 Å². The fourth-order valence-electron chi connectivity index (χ4n) is 3.68. The van der Waals surface area contributed by atoms with Crippen LogP contribution in [-0.4, -0.2) is 9.38 Å². The highest BCUT2D eigenvalue weighted by molar-refractivity contribution is 6.02. The van der Waals surface area contributed by atoms with Crippen LogP contribution in [-0.2, 0) is 6.18 Å². The van der Waals surface area contributed by atoms with Crippen molar-refractivity contribution in [3.8, 4) is 11.1 Å². The zero-order valence-electron chi connectivity index (χ0n) is 13.8. The molecular formula is C21H11F3N2O. The maximum atomic E-state index is 13.9. The van der Waals surface area contributed by atoms with E-state index in [2.05, 4.69) is 4.98 Å². The first kappa shape index (κ1) is 15.8. The molecule has 0 radical (unpaired) electrons. The van der Waals surface area contributed by atoms with Gasteiger partial charge in [0.15, 0.2) is 0 Å². The molecule has 0 fully saturated rings. The summed E-state index contributed by atoms with van der Waals surface area (Å²) < 4.78 is 43.2. The molecule has 5 aromatic rings. The zero-order valence-corrected chi connectivity index (χ0v) is 13.8. The van der Waals surface area contributed by atoms with Gasteiger partial charge in [-0.3, -0.25) is 9.20 Å². The van der Waals surface area contributed by atoms with E-state index in [1.54, 1.807) is 54.6 Å². The lowest BCUT2D eigenvalue weighted by atomic mass is 9.99. The number of rotatable bonds is 1. The van der Waals surface area contributed by atoms with Gasteiger partial charge in [0.05, 0.1) is 22.8 Å². The molecule has 3 heterocycles. The van der Waals surface area contributed by atoms with Crippen molar-refractivity contribution < 1.29 is 13.2 Å². The van der Waals surface area contributed by atoms with Crippen molar-refractivity contribution in [3.63, 3.8) is 0 Å². The first-order valence-electron chi connectivity index (χ1n) is 8.28. The lowest BCUT2D eigenvalue weighted by Crippen LogP contribution is -2.14. The molecule has 0 saturated carbocycles. The summed E-state index contributed by atoms with van der Waals surface area (Å²) in [7, 11) is 0. The second kappa shape index (κ2) is 5.30. The Morgan fingerprint density at radius 3 is 2.22 bits per heavy atom. The number of imidazole rings is 1. The zero-order chi connectivity index (χ0) is 18.8. The largest absolute Gasteiger partial charge is 0.417 e. The Morgan fingerprint density at radius 2 is 1.52 bits per heavy atom. The molecule has 0 unspecified atom stereocenters. The minimum absolute atomic E-state index is 0.0229. The molecular weight excluding hydrogens is 353 g/mol. The molecule has 0 saturated heterocycles. The van der Waals surface area contributed by atoms with Crippen molar-refractivity contribution in [1.29, 1.82) is 0 Å². The molecule has 0 aliphatic carbocycles. The van der Waals surface area contributed by atoms with Crippen LogP contribution < -0.4 is 5.43 Å². The third-order valence-corrected chi connectivity index (χ3v) is 4.82. The smallest absolute Gasteiger partial charge is 0.288 e. The van der Waals surface area contributed by atoms with Gasteiger partial charge in [0, 0.05) is 16.3 Å². The van der Waals surface area contributed by atoms with Crippen molar-refractivity contribution in [2.24, 2.45) is 0 Å². The lowest BCUT2D eigenvalue weighted by molar-refractivity contribution is -0.137. The highest BCUT2D eigenvalue weighted by Gasteiger charge is 2.36. The molecule has 3 aromatic heterocycles. The first-order chi connectivity index (χ1) is 13.0. The topological polar surface area (TPSA) is 34.4 Å². The van der Waals surface area contributed by atoms with Crippen molar-refractivity contribution in [2.75, 3.05) is 0 Å². The highest BCUT2D eigenvalue weighted by Crippen LogP contribution is 2.41. The molecule has 3 nitrogen and oxygen atoms in total. The molecule has 0 aliphatic heterocycles. The number of halogens is 3. The predicted octanol–water partition coefficient (Wildman–Crippen LogP) is 5.12. The van der Waals surface area contributed by atoms with Crippen LogP contribution in [0.5, 0.6) is 0 Å². The van der Waals surface area contributed by atoms with Crippen molar-refractivity contribution in [1.82, 2.24) is 9.38 Å². The summed E-state index contributed by atoms with van der Waals surface area (Å²) in [6, 6.07) is 16.1. The average molecular weight is 364 g/mol. The average Bonchev–Trinajstić information content (AvgIpc) is 3.11. The molecule has 0 spiro atoms. The summed E-state index contributed by atoms with van der Waals surface area (Å²) in [5.74, 6) is 0. The van der Waals surface area contributed by atoms with Gasteiger partial charge in [-0.25, -0.2) is 4.98 Å². The minimum atomic E-state index is -4.62. The minimum Gasteiger partial charge on any atom is -0.288 e. The van der Waals surface area contributed by atoms with Gasteiger partial charge in [-0.1, -0.05) is 54.6 Å². The number of benzene rings is 2. The SMILES string of the molecule is O=c1c2ccccc2c2cnc3c(-c4ccccc4)c(C(F)(F)F)cc1n32. The summed E-state index contributed by atoms with van der Waals surface area (Å²) in [5.41, 5.74) is -0.203. The van der Waals surface area contributed by atoms with Crippen LogP contribution in [0.3, 0.4) is 0 Å². The molecule has 27 heavy (non-hydrogen) atoms. The normalized spacial score (nSPS) is 12.4. The first-order valence-corrected chi connectivity index (χ1v) is 8.28. The van der Waals surface area contributed by atoms with Gasteiger partial charge in [-0.05, 0) is 11.6 Å². The predicted molar refractivity (Wildman–Crippen MR) is 98.1 cm³/mol. The molecule has 0 N–H and O–H groups in total. The highest BCUT2D eigenvalue weighted by atomic mass is 19.4. The fraction of sp³-hybridized carbons (Fsp3) is 0.0476. The van der Waals surface area contributed by atoms with Gasteiger partial charge in [-0.2, -0.15) is 13.2 Å². The number of nitrogens with zero attached hydrogens (tertiary/aromatic N) is 2. The molecule has 0 bridgehead atoms. The molecule has 0 atom stereocenters. The summed E-state index contributed by atoms with van der Waals surface area (Å²) >= 11 is 0. The van der Waals surface area contributed by atoms with Gasteiger partial charge >= 0.3 is 6.18 Å². The summed E-state index contributed by atoms with van der Waals surface area (Å²) in [6.45, 7) is 0. The molecule has 6 heteroatoms. The van der Waals surface area contributed by atoms with Crippen molar-refractivity contribution in [2.45, 2.75) is 6.18 Å². The van der Waals surface area contributed by atoms with E-state index in [1.807, 2.05) is 0 Å². The van der Waals surface area contributed by atoms with E-state index in [1.165, 1.54) is 10.6 Å². The summed E-state index contributed by atoms with van der Waals surface area (Å²) in [6.07, 6.45) is -3.09. The quantitative estimate of drug-likeness (QED) is 0.387. The van der Waals surface area contributed by atoms with E-state index in [4.69, 9.17) is 0 Å². The number of fused-ring (bicyclic) bond motifs is 2. The van der Waals surface area contributed by atoms with Gasteiger partial charge in [0.1, 0.15) is 5.65 Å². The van der Waals surface area contributed by atoms with Crippen molar-refractivity contribution in [3.05, 3.63) is 82.6 Å². The van der Waals surface area contributed by atoms with E-state index < -0.39 is 17.2 Å². The monoisotopic (exact) mass is 364 g/mol. The summed E-state index contributed by atoms with van der Waals surface area (Å²) in [5, 5.41) is 1.05. The number of pyridine rings is 2. The summed E-state index contributed by atoms with van der Waals surface area (Å²) in [4.78, 5) is 17.2. The van der Waals surface area contributed by atoms with Gasteiger partial charge in [0.25, 0.3) is 0 Å². The Morgan fingerprint density at radius 1 is 0.852 bits per heavy atom. The van der Waals surface area contributed by atoms with Crippen LogP contribution in [0.1, 0.15) is 5.56 Å². The third-order valence-electron chi connectivity index (χ3n) is 4.82. The van der Waals surface area contributed by atoms with Crippen LogP contribution in [0.15, 0.2) is 71.7 Å². The second-order valence-corrected chi connectivity index (χ2v) is 6.36. The lowest BCUT2D eigenvalue weighted by Gasteiger charge is -2.16. The molecule has 132 valence electrons. The van der Waals surface area contributed by atoms with Gasteiger partial charge in [0.2, 0.25) is 5.43 Å². The fourth-order valence-corrected chi connectivity index (χ4v) is 3.68. The van der Waals surface area contributed by atoms with Crippen LogP contribution in [0.2, 0.25) is 0 Å². The Bertz CT molecular complexity index is 1370. The second-order valence-electron chi connectivity index (χ2n) is 6.36. The van der Waals surface area contributed by atoms with Gasteiger partial charge < -0.3 is 0 Å². The standard InChI is InChI=1S/C21H11F3N2O/c22-21(23,24)15-10-16-19(27)14-9-5-4-8-13(14)17-11-25-20(26(16)17)18(15)12-6-2-1-3-7-12/h1-11H. The Kier molecular flexibility index (Phi) is 3.10. The van der Waals surface area contributed by atoms with E-state index >= 15 is 0 Å². The van der Waals surface area contributed by atoms with Crippen LogP contribution in [0.25, 0.3) is 38.6 Å². The molecule has 0 aliphatic rings. The Labute approximate surface area is 150 Å². The molecule has 2 aromatic carbocycles. The Hall–Kier alpha value is -3.41. The van der Waals surface area contributed by atoms with E-state index in [0.717, 1.165) is 6.07 Å². The number of alkyl halides is 3. The van der Waals surface area contributed by atoms with Crippen molar-refractivity contribution >= 4 is 27.5 Å². The maximum Gasteiger partial charge on any atom is 0.417 e. The van der Waals surface area contributed by atoms with E-state index in [-0.39, 0.29) is 16.7 Å². The third kappa shape index (κ3) is 2.16. The van der Waals surface area contributed by atoms with E-state index in [0.29, 0.717) is 21.9 Å². The molecule has 5 rings (SSSR count). The van der Waals surface area contributed by atoms with Crippen LogP contribution in [0, 0.1) is 0 Å². The van der Waals surface area contributed by atoms with E-state index in [9.17, 15) is 18.0 Å². The number of hydrogen-bond acceptors (Lipinski definition) is 2. The van der Waals surface area contributed by atoms with Crippen LogP contribution in [0.4, 0.5) is 13.2 Å². The number of aromatic nitrogens is 2. The Balaban J connectivity index is 2.07. The maximum absolute atomic E-state index is 13.9. The van der Waals surface area contributed by atoms with Gasteiger partial charge in [-0.15, -0.1) is 0 Å².